The number of rotatable bonds is 15. The minimum atomic E-state index is -2.04. The highest BCUT2D eigenvalue weighted by Crippen LogP contribution is 2.18. The van der Waals surface area contributed by atoms with E-state index in [0.29, 0.717) is 23.5 Å². The van der Waals surface area contributed by atoms with Gasteiger partial charge in [-0.3, -0.25) is 9.59 Å². The smallest absolute Gasteiger partial charge is 0.251 e. The maximum atomic E-state index is 12.8. The molecule has 2 aromatic heterocycles. The van der Waals surface area contributed by atoms with E-state index in [-0.39, 0.29) is 30.8 Å². The molecule has 5 aromatic rings. The molecule has 0 fully saturated rings. The number of nitrogens with zero attached hydrogens (tertiary/aromatic N) is 2. The number of hydrogen-bond acceptors (Lipinski definition) is 6. The molecule has 0 saturated carbocycles. The lowest BCUT2D eigenvalue weighted by molar-refractivity contribution is -0.120. The van der Waals surface area contributed by atoms with Crippen LogP contribution in [0.3, 0.4) is 0 Å². The van der Waals surface area contributed by atoms with E-state index in [1.807, 2.05) is 62.4 Å². The van der Waals surface area contributed by atoms with Crippen molar-refractivity contribution in [1.82, 2.24) is 25.5 Å². The van der Waals surface area contributed by atoms with Crippen LogP contribution < -0.4 is 16.0 Å². The van der Waals surface area contributed by atoms with Crippen LogP contribution in [0.15, 0.2) is 108 Å². The van der Waals surface area contributed by atoms with Gasteiger partial charge in [-0.1, -0.05) is 54.6 Å². The van der Waals surface area contributed by atoms with Gasteiger partial charge in [0.25, 0.3) is 5.91 Å². The van der Waals surface area contributed by atoms with Crippen molar-refractivity contribution in [3.8, 4) is 5.82 Å². The Morgan fingerprint density at radius 3 is 2.10 bits per heavy atom. The van der Waals surface area contributed by atoms with Crippen LogP contribution in [0, 0.1) is 13.8 Å². The molecule has 0 bridgehead atoms. The van der Waals surface area contributed by atoms with Crippen molar-refractivity contribution in [1.29, 1.82) is 0 Å². The Kier molecular flexibility index (Phi) is 12.5. The minimum absolute atomic E-state index is 0.0997. The first-order valence-corrected chi connectivity index (χ1v) is 17.6. The number of hydrogen-bond donors (Lipinski definition) is 5. The number of aromatic nitrogens is 2. The summed E-state index contributed by atoms with van der Waals surface area (Å²) in [4.78, 5) is 30.2. The molecule has 2 amide bonds. The number of carbonyl (C=O) groups excluding carboxylic acids is 2. The molecule has 0 aliphatic carbocycles. The summed E-state index contributed by atoms with van der Waals surface area (Å²) >= 11 is -2.04. The number of carbonyl (C=O) groups is 2. The summed E-state index contributed by atoms with van der Waals surface area (Å²) in [5.74, 6) is 0.488. The van der Waals surface area contributed by atoms with E-state index < -0.39 is 17.2 Å². The molecular formula is C39H43N5O5S. The van der Waals surface area contributed by atoms with Crippen LogP contribution in [-0.2, 0) is 41.8 Å². The first-order chi connectivity index (χ1) is 24.0. The molecule has 0 saturated heterocycles. The predicted octanol–water partition coefficient (Wildman–Crippen LogP) is 5.11. The SMILES string of the molecule is Cc1ccc(C)n1-c1ccc([C@@H](O)CN[C@H](C)Cc2cccc(CC(=O)NCc3ccc(C(=O)NCc4ccc(S(=O)O)cc4)cc3)c2)cn1. The second-order valence-corrected chi connectivity index (χ2v) is 13.4. The van der Waals surface area contributed by atoms with Crippen molar-refractivity contribution in [3.05, 3.63) is 148 Å². The lowest BCUT2D eigenvalue weighted by Gasteiger charge is -2.18. The van der Waals surface area contributed by atoms with Gasteiger partial charge in [0.15, 0.2) is 11.1 Å². The fraction of sp³-hybridized carbons (Fsp3) is 0.256. The minimum Gasteiger partial charge on any atom is -0.387 e. The first-order valence-electron chi connectivity index (χ1n) is 16.5. The summed E-state index contributed by atoms with van der Waals surface area (Å²) < 4.78 is 22.3. The van der Waals surface area contributed by atoms with Crippen LogP contribution in [0.2, 0.25) is 0 Å². The molecule has 1 unspecified atom stereocenters. The third kappa shape index (κ3) is 10.1. The van der Waals surface area contributed by atoms with E-state index in [1.54, 1.807) is 42.6 Å². The molecule has 0 aliphatic rings. The number of aliphatic hydroxyl groups is 1. The fourth-order valence-corrected chi connectivity index (χ4v) is 6.08. The Morgan fingerprint density at radius 1 is 0.820 bits per heavy atom. The average molecular weight is 694 g/mol. The molecule has 0 radical (unpaired) electrons. The van der Waals surface area contributed by atoms with E-state index in [2.05, 4.69) is 44.6 Å². The summed E-state index contributed by atoms with van der Waals surface area (Å²) in [6, 6.07) is 29.6. The molecule has 10 nitrogen and oxygen atoms in total. The summed E-state index contributed by atoms with van der Waals surface area (Å²) in [5.41, 5.74) is 7.16. The molecule has 5 rings (SSSR count). The van der Waals surface area contributed by atoms with Gasteiger partial charge >= 0.3 is 0 Å². The van der Waals surface area contributed by atoms with Crippen molar-refractivity contribution in [3.63, 3.8) is 0 Å². The Balaban J connectivity index is 1.03. The average Bonchev–Trinajstić information content (AvgIpc) is 3.46. The normalized spacial score (nSPS) is 13.0. The largest absolute Gasteiger partial charge is 0.387 e. The first kappa shape index (κ1) is 36.3. The number of amides is 2. The fourth-order valence-electron chi connectivity index (χ4n) is 5.71. The van der Waals surface area contributed by atoms with Crippen LogP contribution in [0.5, 0.6) is 0 Å². The molecule has 50 heavy (non-hydrogen) atoms. The Morgan fingerprint density at radius 2 is 1.46 bits per heavy atom. The molecular weight excluding hydrogens is 651 g/mol. The van der Waals surface area contributed by atoms with Gasteiger partial charge in [0.05, 0.1) is 17.4 Å². The van der Waals surface area contributed by atoms with Gasteiger partial charge < -0.3 is 30.2 Å². The van der Waals surface area contributed by atoms with Gasteiger partial charge in [-0.2, -0.15) is 0 Å². The monoisotopic (exact) mass is 693 g/mol. The molecule has 2 heterocycles. The topological polar surface area (TPSA) is 146 Å². The van der Waals surface area contributed by atoms with E-state index in [0.717, 1.165) is 51.4 Å². The standard InChI is InChI=1S/C39H43N5O5S/c1-26(40-25-36(45)34-15-18-37(41-24-34)44-27(2)7-8-28(44)3)19-31-5-4-6-32(20-31)21-38(46)42-22-29-9-13-33(14-10-29)39(47)43-23-30-11-16-35(17-12-30)50(48)49/h4-18,20,24,26,36,40,45H,19,21-23,25H2,1-3H3,(H,42,46)(H,43,47)(H,48,49)/t26-,36+/m1/s1. The van der Waals surface area contributed by atoms with Gasteiger partial charge in [-0.25, -0.2) is 9.19 Å². The van der Waals surface area contributed by atoms with E-state index in [1.165, 1.54) is 0 Å². The van der Waals surface area contributed by atoms with Gasteiger partial charge in [-0.05, 0) is 91.9 Å². The van der Waals surface area contributed by atoms with E-state index >= 15 is 0 Å². The molecule has 5 N–H and O–H groups in total. The quantitative estimate of drug-likeness (QED) is 0.0959. The van der Waals surface area contributed by atoms with Gasteiger partial charge in [0.1, 0.15) is 5.82 Å². The van der Waals surface area contributed by atoms with Crippen LogP contribution in [0.4, 0.5) is 0 Å². The zero-order valence-corrected chi connectivity index (χ0v) is 29.2. The molecule has 3 atom stereocenters. The number of aliphatic hydroxyl groups excluding tert-OH is 1. The van der Waals surface area contributed by atoms with E-state index in [4.69, 9.17) is 4.55 Å². The zero-order valence-electron chi connectivity index (χ0n) is 28.4. The number of benzene rings is 3. The van der Waals surface area contributed by atoms with Gasteiger partial charge in [0.2, 0.25) is 5.91 Å². The van der Waals surface area contributed by atoms with Crippen molar-refractivity contribution in [2.75, 3.05) is 6.54 Å². The molecule has 3 aromatic carbocycles. The highest BCUT2D eigenvalue weighted by Gasteiger charge is 2.13. The summed E-state index contributed by atoms with van der Waals surface area (Å²) in [7, 11) is 0. The maximum absolute atomic E-state index is 12.8. The predicted molar refractivity (Wildman–Crippen MR) is 194 cm³/mol. The Labute approximate surface area is 295 Å². The molecule has 11 heteroatoms. The van der Waals surface area contributed by atoms with Crippen LogP contribution in [0.1, 0.15) is 62.6 Å². The maximum Gasteiger partial charge on any atom is 0.251 e. The lowest BCUT2D eigenvalue weighted by atomic mass is 10.0. The summed E-state index contributed by atoms with van der Waals surface area (Å²) in [6.45, 7) is 7.17. The lowest BCUT2D eigenvalue weighted by Crippen LogP contribution is -2.32. The second-order valence-electron chi connectivity index (χ2n) is 12.5. The summed E-state index contributed by atoms with van der Waals surface area (Å²) in [5, 5.41) is 20.0. The summed E-state index contributed by atoms with van der Waals surface area (Å²) in [6.07, 6.45) is 2.02. The van der Waals surface area contributed by atoms with Crippen LogP contribution in [-0.4, -0.2) is 47.8 Å². The number of nitrogens with one attached hydrogen (secondary N) is 3. The van der Waals surface area contributed by atoms with Crippen molar-refractivity contribution >= 4 is 22.9 Å². The second kappa shape index (κ2) is 17.1. The molecule has 260 valence electrons. The van der Waals surface area contributed by atoms with Crippen LogP contribution >= 0.6 is 0 Å². The third-order valence-electron chi connectivity index (χ3n) is 8.50. The highest BCUT2D eigenvalue weighted by molar-refractivity contribution is 7.79. The van der Waals surface area contributed by atoms with Gasteiger partial charge in [-0.15, -0.1) is 0 Å². The highest BCUT2D eigenvalue weighted by atomic mass is 32.2. The zero-order chi connectivity index (χ0) is 35.6. The Hall–Kier alpha value is -4.94. The third-order valence-corrected chi connectivity index (χ3v) is 9.17. The molecule has 0 spiro atoms. The molecule has 0 aliphatic heterocycles. The van der Waals surface area contributed by atoms with Gasteiger partial charge in [0, 0.05) is 54.4 Å². The number of aryl methyl sites for hydroxylation is 2. The van der Waals surface area contributed by atoms with Crippen molar-refractivity contribution in [2.45, 2.75) is 63.7 Å². The van der Waals surface area contributed by atoms with E-state index in [9.17, 15) is 18.9 Å². The van der Waals surface area contributed by atoms with Crippen molar-refractivity contribution < 1.29 is 23.5 Å². The Bertz CT molecular complexity index is 1900. The van der Waals surface area contributed by atoms with Crippen LogP contribution in [0.25, 0.3) is 5.82 Å². The number of pyridine rings is 1. The van der Waals surface area contributed by atoms with Crippen molar-refractivity contribution in [2.24, 2.45) is 0 Å².